The fourth-order valence-electron chi connectivity index (χ4n) is 2.23. The van der Waals surface area contributed by atoms with Crippen LogP contribution in [0.2, 0.25) is 0 Å². The zero-order valence-electron chi connectivity index (χ0n) is 10.9. The molecule has 0 unspecified atom stereocenters. The molecule has 1 aromatic heterocycles. The minimum absolute atomic E-state index is 0.587. The number of aromatic nitrogens is 1. The van der Waals surface area contributed by atoms with Gasteiger partial charge in [-0.1, -0.05) is 33.8 Å². The molecule has 0 saturated carbocycles. The lowest BCUT2D eigenvalue weighted by atomic mass is 9.93. The van der Waals surface area contributed by atoms with Crippen molar-refractivity contribution in [1.29, 1.82) is 0 Å². The maximum atomic E-state index is 2.37. The Morgan fingerprint density at radius 2 is 1.69 bits per heavy atom. The Labute approximate surface area is 98.1 Å². The standard InChI is InChI=1S/C15H21N/c1-10(2)12-8-14(11(3)4)13-6-7-16(5)15(13)9-12/h6-11H,1-5H3. The highest BCUT2D eigenvalue weighted by atomic mass is 14.9. The van der Waals surface area contributed by atoms with Gasteiger partial charge in [-0.3, -0.25) is 0 Å². The van der Waals surface area contributed by atoms with Crippen LogP contribution in [0, 0.1) is 0 Å². The molecule has 0 radical (unpaired) electrons. The van der Waals surface area contributed by atoms with Gasteiger partial charge in [0.2, 0.25) is 0 Å². The molecule has 0 atom stereocenters. The summed E-state index contributed by atoms with van der Waals surface area (Å²) in [5.41, 5.74) is 4.27. The van der Waals surface area contributed by atoms with Gasteiger partial charge in [0, 0.05) is 24.1 Å². The molecule has 0 bridgehead atoms. The zero-order chi connectivity index (χ0) is 11.9. The van der Waals surface area contributed by atoms with Gasteiger partial charge in [0.05, 0.1) is 0 Å². The number of aryl methyl sites for hydroxylation is 1. The topological polar surface area (TPSA) is 4.93 Å². The number of benzene rings is 1. The van der Waals surface area contributed by atoms with Crippen LogP contribution < -0.4 is 0 Å². The molecule has 1 nitrogen and oxygen atoms in total. The average molecular weight is 215 g/mol. The van der Waals surface area contributed by atoms with Crippen molar-refractivity contribution >= 4 is 10.9 Å². The molecule has 1 heterocycles. The fraction of sp³-hybridized carbons (Fsp3) is 0.467. The first-order valence-electron chi connectivity index (χ1n) is 6.09. The highest BCUT2D eigenvalue weighted by Gasteiger charge is 2.11. The second-order valence-corrected chi connectivity index (χ2v) is 5.28. The molecule has 1 heteroatoms. The van der Waals surface area contributed by atoms with Crippen molar-refractivity contribution in [2.24, 2.45) is 7.05 Å². The van der Waals surface area contributed by atoms with Crippen LogP contribution in [0.5, 0.6) is 0 Å². The van der Waals surface area contributed by atoms with Gasteiger partial charge < -0.3 is 4.57 Å². The highest BCUT2D eigenvalue weighted by molar-refractivity contribution is 5.85. The summed E-state index contributed by atoms with van der Waals surface area (Å²) >= 11 is 0. The van der Waals surface area contributed by atoms with E-state index in [2.05, 4.69) is 63.7 Å². The van der Waals surface area contributed by atoms with Gasteiger partial charge in [-0.15, -0.1) is 0 Å². The maximum absolute atomic E-state index is 2.37. The van der Waals surface area contributed by atoms with E-state index in [0.29, 0.717) is 11.8 Å². The van der Waals surface area contributed by atoms with Crippen LogP contribution in [0.3, 0.4) is 0 Å². The summed E-state index contributed by atoms with van der Waals surface area (Å²) in [6.45, 7) is 9.06. The summed E-state index contributed by atoms with van der Waals surface area (Å²) in [6, 6.07) is 6.93. The average Bonchev–Trinajstić information content (AvgIpc) is 2.59. The van der Waals surface area contributed by atoms with Crippen LogP contribution in [0.15, 0.2) is 24.4 Å². The molecule has 0 aliphatic heterocycles. The third kappa shape index (κ3) is 1.75. The molecule has 0 N–H and O–H groups in total. The monoisotopic (exact) mass is 215 g/mol. The van der Waals surface area contributed by atoms with Crippen LogP contribution in [-0.2, 0) is 7.05 Å². The normalized spacial score (nSPS) is 11.9. The van der Waals surface area contributed by atoms with Crippen LogP contribution in [0.25, 0.3) is 10.9 Å². The molecule has 0 amide bonds. The first-order chi connectivity index (χ1) is 7.50. The molecular weight excluding hydrogens is 194 g/mol. The quantitative estimate of drug-likeness (QED) is 0.698. The van der Waals surface area contributed by atoms with E-state index in [1.807, 2.05) is 0 Å². The third-order valence-electron chi connectivity index (χ3n) is 3.35. The molecule has 0 fully saturated rings. The van der Waals surface area contributed by atoms with E-state index in [0.717, 1.165) is 0 Å². The van der Waals surface area contributed by atoms with E-state index in [1.165, 1.54) is 22.0 Å². The summed E-state index contributed by atoms with van der Waals surface area (Å²) in [5, 5.41) is 1.40. The van der Waals surface area contributed by atoms with Crippen molar-refractivity contribution in [1.82, 2.24) is 4.57 Å². The van der Waals surface area contributed by atoms with Crippen molar-refractivity contribution in [3.05, 3.63) is 35.5 Å². The maximum Gasteiger partial charge on any atom is 0.0483 e. The molecule has 0 aliphatic rings. The lowest BCUT2D eigenvalue weighted by Crippen LogP contribution is -1.96. The van der Waals surface area contributed by atoms with E-state index < -0.39 is 0 Å². The zero-order valence-corrected chi connectivity index (χ0v) is 10.9. The lowest BCUT2D eigenvalue weighted by Gasteiger charge is -2.13. The molecule has 0 aliphatic carbocycles. The number of hydrogen-bond donors (Lipinski definition) is 0. The Kier molecular flexibility index (Phi) is 2.79. The smallest absolute Gasteiger partial charge is 0.0483 e. The fourth-order valence-corrected chi connectivity index (χ4v) is 2.23. The number of hydrogen-bond acceptors (Lipinski definition) is 0. The molecule has 86 valence electrons. The second-order valence-electron chi connectivity index (χ2n) is 5.28. The van der Waals surface area contributed by atoms with Gasteiger partial charge in [-0.25, -0.2) is 0 Å². The van der Waals surface area contributed by atoms with Crippen LogP contribution in [0.4, 0.5) is 0 Å². The Hall–Kier alpha value is -1.24. The summed E-state index contributed by atoms with van der Waals surface area (Å²) < 4.78 is 2.22. The predicted octanol–water partition coefficient (Wildman–Crippen LogP) is 4.43. The Balaban J connectivity index is 2.75. The van der Waals surface area contributed by atoms with E-state index in [9.17, 15) is 0 Å². The van der Waals surface area contributed by atoms with Gasteiger partial charge >= 0.3 is 0 Å². The lowest BCUT2D eigenvalue weighted by molar-refractivity contribution is 0.839. The molecule has 2 aromatic rings. The van der Waals surface area contributed by atoms with Crippen molar-refractivity contribution in [3.8, 4) is 0 Å². The first-order valence-corrected chi connectivity index (χ1v) is 6.09. The first kappa shape index (κ1) is 11.3. The summed E-state index contributed by atoms with van der Waals surface area (Å²) in [6.07, 6.45) is 2.15. The molecule has 16 heavy (non-hydrogen) atoms. The van der Waals surface area contributed by atoms with E-state index >= 15 is 0 Å². The highest BCUT2D eigenvalue weighted by Crippen LogP contribution is 2.30. The third-order valence-corrected chi connectivity index (χ3v) is 3.35. The van der Waals surface area contributed by atoms with Gasteiger partial charge in [-0.2, -0.15) is 0 Å². The predicted molar refractivity (Wildman–Crippen MR) is 71.1 cm³/mol. The molecular formula is C15H21N. The van der Waals surface area contributed by atoms with E-state index in [4.69, 9.17) is 0 Å². The van der Waals surface area contributed by atoms with Crippen LogP contribution in [-0.4, -0.2) is 4.57 Å². The van der Waals surface area contributed by atoms with Gasteiger partial charge in [-0.05, 0) is 35.1 Å². The van der Waals surface area contributed by atoms with E-state index in [1.54, 1.807) is 0 Å². The Bertz CT molecular complexity index is 503. The minimum Gasteiger partial charge on any atom is -0.351 e. The van der Waals surface area contributed by atoms with Crippen LogP contribution in [0.1, 0.15) is 50.7 Å². The van der Waals surface area contributed by atoms with Gasteiger partial charge in [0.15, 0.2) is 0 Å². The summed E-state index contributed by atoms with van der Waals surface area (Å²) in [5.74, 6) is 1.18. The van der Waals surface area contributed by atoms with Crippen LogP contribution >= 0.6 is 0 Å². The SMILES string of the molecule is CC(C)c1cc(C(C)C)c2ccn(C)c2c1. The summed E-state index contributed by atoms with van der Waals surface area (Å²) in [7, 11) is 2.12. The molecule has 0 saturated heterocycles. The van der Waals surface area contributed by atoms with Crippen molar-refractivity contribution in [2.45, 2.75) is 39.5 Å². The Morgan fingerprint density at radius 1 is 1.00 bits per heavy atom. The van der Waals surface area contributed by atoms with E-state index in [-0.39, 0.29) is 0 Å². The molecule has 2 rings (SSSR count). The van der Waals surface area contributed by atoms with Crippen molar-refractivity contribution in [2.75, 3.05) is 0 Å². The van der Waals surface area contributed by atoms with Crippen molar-refractivity contribution < 1.29 is 0 Å². The van der Waals surface area contributed by atoms with Crippen molar-refractivity contribution in [3.63, 3.8) is 0 Å². The minimum atomic E-state index is 0.587. The largest absolute Gasteiger partial charge is 0.351 e. The molecule has 1 aromatic carbocycles. The Morgan fingerprint density at radius 3 is 2.25 bits per heavy atom. The van der Waals surface area contributed by atoms with Gasteiger partial charge in [0.25, 0.3) is 0 Å². The number of rotatable bonds is 2. The second kappa shape index (κ2) is 3.97. The van der Waals surface area contributed by atoms with Gasteiger partial charge in [0.1, 0.15) is 0 Å². The summed E-state index contributed by atoms with van der Waals surface area (Å²) in [4.78, 5) is 0. The molecule has 0 spiro atoms. The number of nitrogens with zero attached hydrogens (tertiary/aromatic N) is 1. The number of fused-ring (bicyclic) bond motifs is 1.